The summed E-state index contributed by atoms with van der Waals surface area (Å²) in [5.41, 5.74) is 1.97. The van der Waals surface area contributed by atoms with Gasteiger partial charge in [-0.25, -0.2) is 9.67 Å². The predicted molar refractivity (Wildman–Crippen MR) is 78.6 cm³/mol. The normalized spacial score (nSPS) is 10.8. The van der Waals surface area contributed by atoms with E-state index in [1.54, 1.807) is 10.9 Å². The van der Waals surface area contributed by atoms with E-state index < -0.39 is 0 Å². The number of hydrogen-bond acceptors (Lipinski definition) is 4. The molecule has 0 aliphatic rings. The molecule has 0 radical (unpaired) electrons. The van der Waals surface area contributed by atoms with Crippen molar-refractivity contribution in [1.29, 1.82) is 0 Å². The molecule has 0 unspecified atom stereocenters. The molecule has 0 aliphatic heterocycles. The zero-order valence-electron chi connectivity index (χ0n) is 10.7. The molecule has 0 atom stereocenters. The molecule has 6 heteroatoms. The Morgan fingerprint density at radius 1 is 1.20 bits per heavy atom. The van der Waals surface area contributed by atoms with Crippen LogP contribution in [-0.2, 0) is 13.0 Å². The molecule has 5 nitrogen and oxygen atoms in total. The molecular formula is C14H13BrN4O. The summed E-state index contributed by atoms with van der Waals surface area (Å²) in [6, 6.07) is 9.91. The van der Waals surface area contributed by atoms with E-state index in [-0.39, 0.29) is 0 Å². The van der Waals surface area contributed by atoms with E-state index in [0.717, 1.165) is 28.8 Å². The maximum Gasteiger partial charge on any atom is 0.216 e. The molecule has 2 heterocycles. The third-order valence-electron chi connectivity index (χ3n) is 2.85. The number of rotatable bonds is 5. The first-order chi connectivity index (χ1) is 9.85. The lowest BCUT2D eigenvalue weighted by Gasteiger charge is -1.96. The van der Waals surface area contributed by atoms with E-state index in [9.17, 15) is 0 Å². The predicted octanol–water partition coefficient (Wildman–Crippen LogP) is 2.92. The van der Waals surface area contributed by atoms with Crippen LogP contribution in [0.3, 0.4) is 0 Å². The third kappa shape index (κ3) is 2.96. The van der Waals surface area contributed by atoms with Crippen molar-refractivity contribution < 1.29 is 4.42 Å². The fourth-order valence-electron chi connectivity index (χ4n) is 1.88. The van der Waals surface area contributed by atoms with E-state index >= 15 is 0 Å². The van der Waals surface area contributed by atoms with Gasteiger partial charge in [-0.3, -0.25) is 0 Å². The van der Waals surface area contributed by atoms with Gasteiger partial charge in [-0.05, 0) is 0 Å². The van der Waals surface area contributed by atoms with Crippen LogP contribution < -0.4 is 0 Å². The SMILES string of the molecule is BrCCc1cn(Cc2ncc(-c3ccccc3)o2)nn1. The lowest BCUT2D eigenvalue weighted by molar-refractivity contribution is 0.469. The minimum absolute atomic E-state index is 0.488. The maximum absolute atomic E-state index is 5.73. The number of aromatic nitrogens is 4. The minimum atomic E-state index is 0.488. The van der Waals surface area contributed by atoms with Gasteiger partial charge >= 0.3 is 0 Å². The largest absolute Gasteiger partial charge is 0.439 e. The van der Waals surface area contributed by atoms with Crippen LogP contribution in [0.15, 0.2) is 47.1 Å². The third-order valence-corrected chi connectivity index (χ3v) is 3.24. The van der Waals surface area contributed by atoms with Crippen molar-refractivity contribution in [3.63, 3.8) is 0 Å². The van der Waals surface area contributed by atoms with Gasteiger partial charge in [0.25, 0.3) is 0 Å². The van der Waals surface area contributed by atoms with Gasteiger partial charge in [-0.1, -0.05) is 51.5 Å². The number of halogens is 1. The van der Waals surface area contributed by atoms with Crippen molar-refractivity contribution in [2.75, 3.05) is 5.33 Å². The van der Waals surface area contributed by atoms with Crippen molar-refractivity contribution in [3.05, 3.63) is 54.3 Å². The summed E-state index contributed by atoms with van der Waals surface area (Å²) in [5.74, 6) is 1.39. The Morgan fingerprint density at radius 2 is 2.05 bits per heavy atom. The molecule has 0 spiro atoms. The summed E-state index contributed by atoms with van der Waals surface area (Å²) < 4.78 is 7.47. The van der Waals surface area contributed by atoms with Crippen LogP contribution in [-0.4, -0.2) is 25.3 Å². The molecule has 0 saturated heterocycles. The van der Waals surface area contributed by atoms with Crippen LogP contribution in [0.25, 0.3) is 11.3 Å². The number of aryl methyl sites for hydroxylation is 1. The van der Waals surface area contributed by atoms with Gasteiger partial charge in [0.2, 0.25) is 5.89 Å². The average molecular weight is 333 g/mol. The maximum atomic E-state index is 5.73. The zero-order valence-corrected chi connectivity index (χ0v) is 12.3. The number of nitrogens with zero attached hydrogens (tertiary/aromatic N) is 4. The van der Waals surface area contributed by atoms with E-state index in [1.165, 1.54) is 0 Å². The van der Waals surface area contributed by atoms with Gasteiger partial charge < -0.3 is 4.42 Å². The second kappa shape index (κ2) is 6.00. The molecule has 0 fully saturated rings. The number of alkyl halides is 1. The van der Waals surface area contributed by atoms with Crippen LogP contribution in [0, 0.1) is 0 Å². The molecule has 0 N–H and O–H groups in total. The highest BCUT2D eigenvalue weighted by molar-refractivity contribution is 9.09. The summed E-state index contributed by atoms with van der Waals surface area (Å²) in [4.78, 5) is 4.28. The standard InChI is InChI=1S/C14H13BrN4O/c15-7-6-12-9-19(18-17-12)10-14-16-8-13(20-14)11-4-2-1-3-5-11/h1-5,8-9H,6-7,10H2. The van der Waals surface area contributed by atoms with Crippen LogP contribution in [0.5, 0.6) is 0 Å². The van der Waals surface area contributed by atoms with E-state index in [2.05, 4.69) is 31.2 Å². The average Bonchev–Trinajstić information content (AvgIpc) is 3.11. The molecule has 3 aromatic rings. The summed E-state index contributed by atoms with van der Waals surface area (Å²) in [7, 11) is 0. The molecule has 2 aromatic heterocycles. The fraction of sp³-hybridized carbons (Fsp3) is 0.214. The van der Waals surface area contributed by atoms with E-state index in [0.29, 0.717) is 12.4 Å². The first kappa shape index (κ1) is 13.1. The van der Waals surface area contributed by atoms with Crippen LogP contribution in [0.1, 0.15) is 11.6 Å². The summed E-state index contributed by atoms with van der Waals surface area (Å²) in [6.45, 7) is 0.488. The Bertz CT molecular complexity index is 677. The highest BCUT2D eigenvalue weighted by atomic mass is 79.9. The van der Waals surface area contributed by atoms with Crippen molar-refractivity contribution in [2.24, 2.45) is 0 Å². The highest BCUT2D eigenvalue weighted by Gasteiger charge is 2.08. The molecule has 0 aliphatic carbocycles. The van der Waals surface area contributed by atoms with Crippen molar-refractivity contribution in [2.45, 2.75) is 13.0 Å². The summed E-state index contributed by atoms with van der Waals surface area (Å²) in [6.07, 6.45) is 4.51. The molecular weight excluding hydrogens is 320 g/mol. The Hall–Kier alpha value is -1.95. The zero-order chi connectivity index (χ0) is 13.8. The molecule has 20 heavy (non-hydrogen) atoms. The molecule has 102 valence electrons. The van der Waals surface area contributed by atoms with Crippen LogP contribution in [0.4, 0.5) is 0 Å². The smallest absolute Gasteiger partial charge is 0.216 e. The van der Waals surface area contributed by atoms with Gasteiger partial charge in [0.15, 0.2) is 5.76 Å². The van der Waals surface area contributed by atoms with Gasteiger partial charge in [-0.15, -0.1) is 5.10 Å². The number of hydrogen-bond donors (Lipinski definition) is 0. The molecule has 1 aromatic carbocycles. The van der Waals surface area contributed by atoms with Crippen molar-refractivity contribution in [1.82, 2.24) is 20.0 Å². The highest BCUT2D eigenvalue weighted by Crippen LogP contribution is 2.19. The Labute approximate surface area is 124 Å². The molecule has 3 rings (SSSR count). The lowest BCUT2D eigenvalue weighted by atomic mass is 10.2. The topological polar surface area (TPSA) is 56.7 Å². The van der Waals surface area contributed by atoms with Gasteiger partial charge in [0, 0.05) is 23.5 Å². The van der Waals surface area contributed by atoms with Crippen LogP contribution >= 0.6 is 15.9 Å². The number of oxazole rings is 1. The molecule has 0 amide bonds. The van der Waals surface area contributed by atoms with Crippen LogP contribution in [0.2, 0.25) is 0 Å². The number of benzene rings is 1. The van der Waals surface area contributed by atoms with E-state index in [1.807, 2.05) is 36.5 Å². The minimum Gasteiger partial charge on any atom is -0.439 e. The van der Waals surface area contributed by atoms with Gasteiger partial charge in [-0.2, -0.15) is 0 Å². The summed E-state index contributed by atoms with van der Waals surface area (Å²) >= 11 is 3.38. The summed E-state index contributed by atoms with van der Waals surface area (Å²) in [5, 5.41) is 9.02. The monoisotopic (exact) mass is 332 g/mol. The van der Waals surface area contributed by atoms with Gasteiger partial charge in [0.1, 0.15) is 6.54 Å². The molecule has 0 saturated carbocycles. The van der Waals surface area contributed by atoms with E-state index in [4.69, 9.17) is 4.42 Å². The first-order valence-electron chi connectivity index (χ1n) is 6.30. The quantitative estimate of drug-likeness (QED) is 0.674. The lowest BCUT2D eigenvalue weighted by Crippen LogP contribution is -2.00. The second-order valence-corrected chi connectivity index (χ2v) is 5.12. The second-order valence-electron chi connectivity index (χ2n) is 4.33. The Kier molecular flexibility index (Phi) is 3.92. The van der Waals surface area contributed by atoms with Crippen molar-refractivity contribution in [3.8, 4) is 11.3 Å². The molecule has 0 bridgehead atoms. The fourth-order valence-corrected chi connectivity index (χ4v) is 2.29. The Balaban J connectivity index is 1.73. The first-order valence-corrected chi connectivity index (χ1v) is 7.42. The van der Waals surface area contributed by atoms with Crippen molar-refractivity contribution >= 4 is 15.9 Å². The Morgan fingerprint density at radius 3 is 2.85 bits per heavy atom. The van der Waals surface area contributed by atoms with Gasteiger partial charge in [0.05, 0.1) is 11.9 Å².